The van der Waals surface area contributed by atoms with Crippen LogP contribution in [0.25, 0.3) is 0 Å². The molecule has 0 saturated heterocycles. The van der Waals surface area contributed by atoms with Gasteiger partial charge >= 0.3 is 0 Å². The van der Waals surface area contributed by atoms with Crippen LogP contribution < -0.4 is 10.2 Å². The van der Waals surface area contributed by atoms with Crippen molar-refractivity contribution in [2.24, 2.45) is 5.10 Å². The molecule has 5 heteroatoms. The van der Waals surface area contributed by atoms with Crippen molar-refractivity contribution in [3.63, 3.8) is 0 Å². The van der Waals surface area contributed by atoms with Crippen LogP contribution in [-0.4, -0.2) is 23.7 Å². The van der Waals surface area contributed by atoms with Crippen molar-refractivity contribution < 1.29 is 9.53 Å². The summed E-state index contributed by atoms with van der Waals surface area (Å²) in [5.74, 6) is 0.381. The van der Waals surface area contributed by atoms with E-state index in [2.05, 4.69) is 15.5 Å². The number of hydrogen-bond acceptors (Lipinski definition) is 4. The molecule has 1 aromatic carbocycles. The predicted molar refractivity (Wildman–Crippen MR) is 81.4 cm³/mol. The maximum atomic E-state index is 11.6. The number of hydrogen-bond donors (Lipinski definition) is 1. The van der Waals surface area contributed by atoms with Crippen LogP contribution in [0.1, 0.15) is 16.8 Å². The van der Waals surface area contributed by atoms with Gasteiger partial charge in [-0.05, 0) is 37.6 Å². The number of hydrazone groups is 1. The average Bonchev–Trinajstić information content (AvgIpc) is 2.47. The van der Waals surface area contributed by atoms with Gasteiger partial charge in [-0.1, -0.05) is 23.8 Å². The highest BCUT2D eigenvalue weighted by atomic mass is 16.5. The third kappa shape index (κ3) is 4.72. The molecule has 0 radical (unpaired) electrons. The number of amides is 1. The summed E-state index contributed by atoms with van der Waals surface area (Å²) < 4.78 is 5.45. The maximum absolute atomic E-state index is 11.6. The summed E-state index contributed by atoms with van der Waals surface area (Å²) in [6.45, 7) is 3.87. The lowest BCUT2D eigenvalue weighted by molar-refractivity contribution is -0.123. The second-order valence-electron chi connectivity index (χ2n) is 4.61. The first-order valence-corrected chi connectivity index (χ1v) is 6.58. The topological polar surface area (TPSA) is 63.6 Å². The monoisotopic (exact) mass is 283 g/mol. The molecular formula is C16H17N3O2. The number of nitrogens with zero attached hydrogens (tertiary/aromatic N) is 2. The summed E-state index contributed by atoms with van der Waals surface area (Å²) in [5.41, 5.74) is 5.23. The molecule has 108 valence electrons. The molecular weight excluding hydrogens is 266 g/mol. The first kappa shape index (κ1) is 14.7. The summed E-state index contributed by atoms with van der Waals surface area (Å²) in [7, 11) is 0. The van der Waals surface area contributed by atoms with E-state index in [1.807, 2.05) is 44.2 Å². The fourth-order valence-electron chi connectivity index (χ4n) is 1.76. The average molecular weight is 283 g/mol. The lowest BCUT2D eigenvalue weighted by Gasteiger charge is -2.08. The Bertz CT molecular complexity index is 639. The Hall–Kier alpha value is -2.69. The minimum Gasteiger partial charge on any atom is -0.483 e. The zero-order valence-electron chi connectivity index (χ0n) is 12.0. The number of pyridine rings is 1. The summed E-state index contributed by atoms with van der Waals surface area (Å²) in [5, 5.41) is 3.82. The predicted octanol–water partition coefficient (Wildman–Crippen LogP) is 2.23. The van der Waals surface area contributed by atoms with E-state index in [1.165, 1.54) is 6.21 Å². The molecule has 0 aliphatic carbocycles. The van der Waals surface area contributed by atoms with Gasteiger partial charge in [0, 0.05) is 6.20 Å². The SMILES string of the molecule is Cc1ccc(OCC(=O)N/N=C/c2ccccn2)c(C)c1. The fraction of sp³-hybridized carbons (Fsp3) is 0.188. The zero-order valence-corrected chi connectivity index (χ0v) is 12.0. The molecule has 21 heavy (non-hydrogen) atoms. The second kappa shape index (κ2) is 7.19. The highest BCUT2D eigenvalue weighted by Gasteiger charge is 2.03. The minimum atomic E-state index is -0.317. The summed E-state index contributed by atoms with van der Waals surface area (Å²) in [4.78, 5) is 15.7. The lowest BCUT2D eigenvalue weighted by Crippen LogP contribution is -2.24. The van der Waals surface area contributed by atoms with Gasteiger partial charge in [0.1, 0.15) is 5.75 Å². The summed E-state index contributed by atoms with van der Waals surface area (Å²) in [6, 6.07) is 11.3. The van der Waals surface area contributed by atoms with Gasteiger partial charge in [0.15, 0.2) is 6.61 Å². The number of carbonyl (C=O) groups excluding carboxylic acids is 1. The Morgan fingerprint density at radius 2 is 2.19 bits per heavy atom. The van der Waals surface area contributed by atoms with E-state index < -0.39 is 0 Å². The van der Waals surface area contributed by atoms with Gasteiger partial charge in [-0.15, -0.1) is 0 Å². The van der Waals surface area contributed by atoms with Crippen LogP contribution in [0.3, 0.4) is 0 Å². The summed E-state index contributed by atoms with van der Waals surface area (Å²) in [6.07, 6.45) is 3.14. The smallest absolute Gasteiger partial charge is 0.277 e. The molecule has 1 N–H and O–H groups in total. The Kier molecular flexibility index (Phi) is 5.04. The molecule has 0 spiro atoms. The normalized spacial score (nSPS) is 10.6. The van der Waals surface area contributed by atoms with E-state index in [1.54, 1.807) is 12.3 Å². The van der Waals surface area contributed by atoms with E-state index in [0.717, 1.165) is 11.1 Å². The molecule has 0 atom stereocenters. The Labute approximate surface area is 123 Å². The van der Waals surface area contributed by atoms with Crippen molar-refractivity contribution in [2.45, 2.75) is 13.8 Å². The molecule has 1 aromatic heterocycles. The molecule has 5 nitrogen and oxygen atoms in total. The number of nitrogens with one attached hydrogen (secondary N) is 1. The Morgan fingerprint density at radius 1 is 1.33 bits per heavy atom. The third-order valence-electron chi connectivity index (χ3n) is 2.76. The van der Waals surface area contributed by atoms with Crippen LogP contribution in [0.4, 0.5) is 0 Å². The molecule has 2 aromatic rings. The molecule has 0 fully saturated rings. The molecule has 0 aliphatic rings. The molecule has 0 bridgehead atoms. The van der Waals surface area contributed by atoms with E-state index >= 15 is 0 Å². The third-order valence-corrected chi connectivity index (χ3v) is 2.76. The highest BCUT2D eigenvalue weighted by Crippen LogP contribution is 2.18. The number of benzene rings is 1. The zero-order chi connectivity index (χ0) is 15.1. The maximum Gasteiger partial charge on any atom is 0.277 e. The number of carbonyl (C=O) groups is 1. The molecule has 1 heterocycles. The second-order valence-corrected chi connectivity index (χ2v) is 4.61. The van der Waals surface area contributed by atoms with Gasteiger partial charge in [-0.3, -0.25) is 9.78 Å². The van der Waals surface area contributed by atoms with Gasteiger partial charge in [0.2, 0.25) is 0 Å². The molecule has 2 rings (SSSR count). The fourth-order valence-corrected chi connectivity index (χ4v) is 1.76. The van der Waals surface area contributed by atoms with Crippen molar-refractivity contribution in [2.75, 3.05) is 6.61 Å². The van der Waals surface area contributed by atoms with Crippen LogP contribution in [0.2, 0.25) is 0 Å². The van der Waals surface area contributed by atoms with Gasteiger partial charge in [-0.2, -0.15) is 5.10 Å². The van der Waals surface area contributed by atoms with Crippen molar-refractivity contribution >= 4 is 12.1 Å². The molecule has 0 unspecified atom stereocenters. The Morgan fingerprint density at radius 3 is 2.90 bits per heavy atom. The quantitative estimate of drug-likeness (QED) is 0.676. The number of rotatable bonds is 5. The molecule has 1 amide bonds. The van der Waals surface area contributed by atoms with Crippen LogP contribution >= 0.6 is 0 Å². The van der Waals surface area contributed by atoms with Crippen molar-refractivity contribution in [3.05, 3.63) is 59.4 Å². The number of aromatic nitrogens is 1. The minimum absolute atomic E-state index is 0.0799. The van der Waals surface area contributed by atoms with Crippen LogP contribution in [-0.2, 0) is 4.79 Å². The van der Waals surface area contributed by atoms with E-state index in [0.29, 0.717) is 11.4 Å². The van der Waals surface area contributed by atoms with Gasteiger partial charge < -0.3 is 4.74 Å². The van der Waals surface area contributed by atoms with E-state index in [4.69, 9.17) is 4.74 Å². The van der Waals surface area contributed by atoms with Crippen LogP contribution in [0.15, 0.2) is 47.7 Å². The van der Waals surface area contributed by atoms with Crippen molar-refractivity contribution in [1.29, 1.82) is 0 Å². The van der Waals surface area contributed by atoms with Gasteiger partial charge in [0.25, 0.3) is 5.91 Å². The standard InChI is InChI=1S/C16H17N3O2/c1-12-6-7-15(13(2)9-12)21-11-16(20)19-18-10-14-5-3-4-8-17-14/h3-10H,11H2,1-2H3,(H,19,20)/b18-10+. The van der Waals surface area contributed by atoms with E-state index in [9.17, 15) is 4.79 Å². The number of aryl methyl sites for hydroxylation is 2. The highest BCUT2D eigenvalue weighted by molar-refractivity contribution is 5.81. The molecule has 0 aliphatic heterocycles. The lowest BCUT2D eigenvalue weighted by atomic mass is 10.1. The Balaban J connectivity index is 1.81. The first-order valence-electron chi connectivity index (χ1n) is 6.58. The van der Waals surface area contributed by atoms with Crippen molar-refractivity contribution in [3.8, 4) is 5.75 Å². The van der Waals surface area contributed by atoms with E-state index in [-0.39, 0.29) is 12.5 Å². The van der Waals surface area contributed by atoms with Gasteiger partial charge in [0.05, 0.1) is 11.9 Å². The molecule has 0 saturated carbocycles. The van der Waals surface area contributed by atoms with Crippen LogP contribution in [0, 0.1) is 13.8 Å². The largest absolute Gasteiger partial charge is 0.483 e. The number of ether oxygens (including phenoxy) is 1. The van der Waals surface area contributed by atoms with Crippen molar-refractivity contribution in [1.82, 2.24) is 10.4 Å². The van der Waals surface area contributed by atoms with Gasteiger partial charge in [-0.25, -0.2) is 5.43 Å². The van der Waals surface area contributed by atoms with Crippen LogP contribution in [0.5, 0.6) is 5.75 Å². The summed E-state index contributed by atoms with van der Waals surface area (Å²) >= 11 is 0. The first-order chi connectivity index (χ1) is 10.1.